The van der Waals surface area contributed by atoms with E-state index in [0.29, 0.717) is 0 Å². The topological polar surface area (TPSA) is 63.2 Å². The summed E-state index contributed by atoms with van der Waals surface area (Å²) >= 11 is 0. The van der Waals surface area contributed by atoms with E-state index in [4.69, 9.17) is 0 Å². The molecule has 0 spiro atoms. The molecule has 13 heavy (non-hydrogen) atoms. The number of sulfonamides is 1. The van der Waals surface area contributed by atoms with Crippen molar-refractivity contribution < 1.29 is 40.5 Å². The predicted molar refractivity (Wildman–Crippen MR) is 41.1 cm³/mol. The molecule has 0 radical (unpaired) electrons. The van der Waals surface area contributed by atoms with Gasteiger partial charge in [0.15, 0.2) is 0 Å². The quantitative estimate of drug-likeness (QED) is 0.691. The van der Waals surface area contributed by atoms with Crippen LogP contribution in [-0.4, -0.2) is 14.3 Å². The third-order valence-corrected chi connectivity index (χ3v) is 3.04. The van der Waals surface area contributed by atoms with Crippen LogP contribution in [0.4, 0.5) is 0 Å². The number of carbonyl (C=O) groups is 1. The molecular formula is C7H5CdNO3S. The molecule has 0 fully saturated rings. The fourth-order valence-corrected chi connectivity index (χ4v) is 2.29. The summed E-state index contributed by atoms with van der Waals surface area (Å²) in [5.41, 5.74) is 0.220. The van der Waals surface area contributed by atoms with E-state index in [-0.39, 0.29) is 37.8 Å². The van der Waals surface area contributed by atoms with Crippen LogP contribution in [0.2, 0.25) is 0 Å². The Hall–Kier alpha value is -0.438. The fourth-order valence-electron chi connectivity index (χ4n) is 1.12. The molecule has 4 nitrogen and oxygen atoms in total. The van der Waals surface area contributed by atoms with Crippen molar-refractivity contribution in [2.75, 3.05) is 0 Å². The molecule has 1 aromatic carbocycles. The van der Waals surface area contributed by atoms with Crippen molar-refractivity contribution in [1.29, 1.82) is 0 Å². The first-order chi connectivity index (χ1) is 5.61. The average molecular weight is 296 g/mol. The summed E-state index contributed by atoms with van der Waals surface area (Å²) in [6, 6.07) is 6.09. The molecule has 1 aliphatic rings. The molecule has 1 aliphatic heterocycles. The van der Waals surface area contributed by atoms with Gasteiger partial charge in [0, 0.05) is 27.3 Å². The number of amides is 1. The molecule has 0 saturated heterocycles. The van der Waals surface area contributed by atoms with E-state index < -0.39 is 15.9 Å². The molecule has 64 valence electrons. The Labute approximate surface area is 95.5 Å². The van der Waals surface area contributed by atoms with Gasteiger partial charge >= 0.3 is 0 Å². The molecule has 0 atom stereocenters. The summed E-state index contributed by atoms with van der Waals surface area (Å²) in [6.45, 7) is 0. The van der Waals surface area contributed by atoms with Crippen LogP contribution in [0.3, 0.4) is 0 Å². The SMILES string of the molecule is O=C1NS(=O)(=O)c2ccccc21.[Cd]. The Bertz CT molecular complexity index is 455. The van der Waals surface area contributed by atoms with Gasteiger partial charge in [0.2, 0.25) is 0 Å². The second kappa shape index (κ2) is 3.37. The normalized spacial score (nSPS) is 17.1. The van der Waals surface area contributed by atoms with Gasteiger partial charge in [-0.15, -0.1) is 0 Å². The van der Waals surface area contributed by atoms with Crippen LogP contribution in [0.5, 0.6) is 0 Å². The van der Waals surface area contributed by atoms with Gasteiger partial charge in [-0.25, -0.2) is 13.1 Å². The van der Waals surface area contributed by atoms with E-state index in [2.05, 4.69) is 0 Å². The molecule has 1 aromatic rings. The fraction of sp³-hybridized carbons (Fsp3) is 0. The van der Waals surface area contributed by atoms with Gasteiger partial charge in [-0.1, -0.05) is 12.1 Å². The van der Waals surface area contributed by atoms with Gasteiger partial charge in [-0.05, 0) is 12.1 Å². The first-order valence-electron chi connectivity index (χ1n) is 3.27. The Balaban J connectivity index is 0.000000845. The van der Waals surface area contributed by atoms with E-state index in [1.807, 2.05) is 4.72 Å². The maximum Gasteiger partial charge on any atom is 0.266 e. The van der Waals surface area contributed by atoms with Crippen molar-refractivity contribution in [2.45, 2.75) is 4.90 Å². The minimum Gasteiger partial charge on any atom is -0.268 e. The summed E-state index contributed by atoms with van der Waals surface area (Å²) < 4.78 is 24.2. The average Bonchev–Trinajstić information content (AvgIpc) is 2.25. The van der Waals surface area contributed by atoms with Crippen LogP contribution < -0.4 is 4.72 Å². The number of benzene rings is 1. The second-order valence-corrected chi connectivity index (χ2v) is 4.08. The smallest absolute Gasteiger partial charge is 0.266 e. The molecule has 1 heterocycles. The summed E-state index contributed by atoms with van der Waals surface area (Å²) in [5.74, 6) is -0.550. The molecule has 0 saturated carbocycles. The van der Waals surface area contributed by atoms with Crippen LogP contribution in [0.25, 0.3) is 0 Å². The third kappa shape index (κ3) is 1.62. The van der Waals surface area contributed by atoms with E-state index in [9.17, 15) is 13.2 Å². The third-order valence-electron chi connectivity index (χ3n) is 1.65. The van der Waals surface area contributed by atoms with E-state index in [1.54, 1.807) is 12.1 Å². The minimum absolute atomic E-state index is 0. The number of carbonyl (C=O) groups excluding carboxylic acids is 1. The van der Waals surface area contributed by atoms with Crippen molar-refractivity contribution in [3.05, 3.63) is 29.8 Å². The maximum absolute atomic E-state index is 11.1. The van der Waals surface area contributed by atoms with Gasteiger partial charge in [0.05, 0.1) is 5.56 Å². The number of hydrogen-bond donors (Lipinski definition) is 1. The van der Waals surface area contributed by atoms with Crippen LogP contribution >= 0.6 is 0 Å². The predicted octanol–water partition coefficient (Wildman–Crippen LogP) is 0.116. The summed E-state index contributed by atoms with van der Waals surface area (Å²) in [7, 11) is -3.55. The number of fused-ring (bicyclic) bond motifs is 1. The summed E-state index contributed by atoms with van der Waals surface area (Å²) in [5, 5.41) is 0. The summed E-state index contributed by atoms with van der Waals surface area (Å²) in [4.78, 5) is 11.1. The maximum atomic E-state index is 11.1. The Morgan fingerprint density at radius 2 is 1.77 bits per heavy atom. The van der Waals surface area contributed by atoms with Crippen LogP contribution in [0, 0.1) is 0 Å². The first-order valence-corrected chi connectivity index (χ1v) is 4.76. The van der Waals surface area contributed by atoms with Crippen molar-refractivity contribution in [3.8, 4) is 0 Å². The minimum atomic E-state index is -3.55. The van der Waals surface area contributed by atoms with Crippen LogP contribution in [-0.2, 0) is 37.3 Å². The molecule has 6 heteroatoms. The zero-order valence-corrected chi connectivity index (χ0v) is 11.5. The zero-order chi connectivity index (χ0) is 8.77. The monoisotopic (exact) mass is 297 g/mol. The van der Waals surface area contributed by atoms with E-state index >= 15 is 0 Å². The van der Waals surface area contributed by atoms with Crippen molar-refractivity contribution in [1.82, 2.24) is 4.72 Å². The molecule has 0 aromatic heterocycles. The Morgan fingerprint density at radius 1 is 1.15 bits per heavy atom. The number of rotatable bonds is 0. The molecule has 2 rings (SSSR count). The summed E-state index contributed by atoms with van der Waals surface area (Å²) in [6.07, 6.45) is 0. The van der Waals surface area contributed by atoms with Crippen LogP contribution in [0.1, 0.15) is 10.4 Å². The number of nitrogens with one attached hydrogen (secondary N) is 1. The molecule has 1 N–H and O–H groups in total. The van der Waals surface area contributed by atoms with Gasteiger partial charge in [-0.2, -0.15) is 0 Å². The molecule has 0 unspecified atom stereocenters. The Morgan fingerprint density at radius 3 is 2.38 bits per heavy atom. The van der Waals surface area contributed by atoms with Gasteiger partial charge in [0.25, 0.3) is 15.9 Å². The van der Waals surface area contributed by atoms with Crippen molar-refractivity contribution >= 4 is 15.9 Å². The van der Waals surface area contributed by atoms with Crippen molar-refractivity contribution in [3.63, 3.8) is 0 Å². The van der Waals surface area contributed by atoms with Gasteiger partial charge in [-0.3, -0.25) is 4.79 Å². The molecular weight excluding hydrogens is 291 g/mol. The van der Waals surface area contributed by atoms with Crippen molar-refractivity contribution in [2.24, 2.45) is 0 Å². The van der Waals surface area contributed by atoms with Gasteiger partial charge < -0.3 is 0 Å². The number of hydrogen-bond acceptors (Lipinski definition) is 3. The standard InChI is InChI=1S/C7H5NO3S.Cd/c9-7-5-3-1-2-4-6(5)12(10,11)8-7;/h1-4H,(H,8,9);. The second-order valence-electron chi connectivity index (χ2n) is 2.43. The molecule has 1 amide bonds. The van der Waals surface area contributed by atoms with Gasteiger partial charge in [0.1, 0.15) is 4.90 Å². The van der Waals surface area contributed by atoms with Crippen LogP contribution in [0.15, 0.2) is 29.2 Å². The van der Waals surface area contributed by atoms with E-state index in [1.165, 1.54) is 12.1 Å². The Kier molecular flexibility index (Phi) is 2.76. The molecule has 0 bridgehead atoms. The zero-order valence-electron chi connectivity index (χ0n) is 6.65. The van der Waals surface area contributed by atoms with E-state index in [0.717, 1.165) is 0 Å². The first kappa shape index (κ1) is 10.6. The largest absolute Gasteiger partial charge is 0.268 e. The molecule has 0 aliphatic carbocycles.